The molecule has 6 aromatic rings. The van der Waals surface area contributed by atoms with Crippen molar-refractivity contribution in [1.29, 1.82) is 0 Å². The van der Waals surface area contributed by atoms with E-state index < -0.39 is 88.9 Å². The number of pyridine rings is 2. The fourth-order valence-electron chi connectivity index (χ4n) is 13.2. The van der Waals surface area contributed by atoms with Crippen LogP contribution in [0.5, 0.6) is 0 Å². The molecule has 1 aliphatic heterocycles. The zero-order valence-electron chi connectivity index (χ0n) is 71.3. The minimum Gasteiger partial charge on any atom is -0.480 e. The van der Waals surface area contributed by atoms with Crippen molar-refractivity contribution in [3.63, 3.8) is 0 Å². The monoisotopic (exact) mass is 1780 g/mol. The summed E-state index contributed by atoms with van der Waals surface area (Å²) in [6.07, 6.45) is 10.9. The van der Waals surface area contributed by atoms with Crippen LogP contribution >= 0.6 is 0 Å². The van der Waals surface area contributed by atoms with Crippen LogP contribution in [0.2, 0.25) is 0 Å². The first kappa shape index (κ1) is 101. The molecule has 3 atom stereocenters. The van der Waals surface area contributed by atoms with Crippen LogP contribution in [-0.2, 0) is 93.2 Å². The molecule has 0 aliphatic carbocycles. The highest BCUT2D eigenvalue weighted by Gasteiger charge is 2.28. The zero-order chi connectivity index (χ0) is 92.0. The number of carbonyl (C=O) groups is 14. The number of H-pyrrole nitrogens is 2. The Bertz CT molecular complexity index is 4740. The molecular formula is C82H119N23O22. The minimum atomic E-state index is -1.39. The van der Waals surface area contributed by atoms with Gasteiger partial charge in [-0.15, -0.1) is 0 Å². The molecule has 21 N–H and O–H groups in total. The second-order valence-corrected chi connectivity index (χ2v) is 30.3. The maximum atomic E-state index is 14.0. The Labute approximate surface area is 731 Å². The van der Waals surface area contributed by atoms with Crippen molar-refractivity contribution in [1.82, 2.24) is 96.5 Å². The average molecular weight is 1780 g/mol. The van der Waals surface area contributed by atoms with E-state index >= 15 is 0 Å². The molecule has 45 nitrogen and oxygen atoms in total. The molecule has 2 aromatic carbocycles. The summed E-state index contributed by atoms with van der Waals surface area (Å²) in [7, 11) is 0. The maximum absolute atomic E-state index is 14.0. The predicted octanol–water partition coefficient (Wildman–Crippen LogP) is -3.15. The number of nitrogens with two attached hydrogens (primary N) is 2. The SMILES string of the molecule is CC(=O)[C@@H](N)CNC(=O)c1cn(CCCNC(=O)CCC(=O)NCCCOCCCNC(=O)[C@H](CCC(=O)NCCCOCCCNC(=O)CCC(=O)NCCCn2cc(C(=O)NC[C@H](N)C(=O)O)c(=O)c3ccc(CNc4ncc[nH]4)cc32)NC(=O)CN2CCN(CC(=O)O)CCN(CC(=O)O)CCN(CC(=O)O)CC2)c2cc(CNc3ncc[nH]3)ccc2c1=O. The lowest BCUT2D eigenvalue weighted by molar-refractivity contribution is -0.140. The van der Waals surface area contributed by atoms with E-state index in [4.69, 9.17) is 20.9 Å². The van der Waals surface area contributed by atoms with Gasteiger partial charge in [-0.25, -0.2) is 9.97 Å². The molecule has 1 fully saturated rings. The maximum Gasteiger partial charge on any atom is 0.322 e. The number of nitrogens with one attached hydrogen (secondary N) is 13. The van der Waals surface area contributed by atoms with Gasteiger partial charge in [-0.05, 0) is 87.3 Å². The number of aromatic nitrogens is 6. The van der Waals surface area contributed by atoms with Crippen molar-refractivity contribution in [3.8, 4) is 0 Å². The summed E-state index contributed by atoms with van der Waals surface area (Å²) in [6.45, 7) is 3.70. The number of nitrogens with zero attached hydrogens (tertiary/aromatic N) is 8. The lowest BCUT2D eigenvalue weighted by atomic mass is 10.1. The van der Waals surface area contributed by atoms with Crippen molar-refractivity contribution in [2.75, 3.05) is 168 Å². The first-order valence-corrected chi connectivity index (χ1v) is 42.2. The van der Waals surface area contributed by atoms with Crippen molar-refractivity contribution >= 4 is 117 Å². The molecule has 0 radical (unpaired) electrons. The quantitative estimate of drug-likeness (QED) is 0.0168. The molecule has 694 valence electrons. The van der Waals surface area contributed by atoms with Crippen LogP contribution in [0.15, 0.2) is 83.2 Å². The minimum absolute atomic E-state index is 0.0961. The van der Waals surface area contributed by atoms with Gasteiger partial charge in [-0.2, -0.15) is 0 Å². The molecule has 127 heavy (non-hydrogen) atoms. The van der Waals surface area contributed by atoms with Crippen molar-refractivity contribution < 1.29 is 97.0 Å². The van der Waals surface area contributed by atoms with Gasteiger partial charge in [0.1, 0.15) is 29.0 Å². The molecule has 9 amide bonds. The summed E-state index contributed by atoms with van der Waals surface area (Å²) in [6, 6.07) is 6.74. The largest absolute Gasteiger partial charge is 0.480 e. The van der Waals surface area contributed by atoms with Gasteiger partial charge in [-0.1, -0.05) is 12.1 Å². The number of anilines is 2. The Balaban J connectivity index is 0.810. The number of fused-ring (bicyclic) bond motifs is 2. The normalized spacial score (nSPS) is 13.8. The Kier molecular flexibility index (Phi) is 43.9. The second-order valence-electron chi connectivity index (χ2n) is 30.3. The van der Waals surface area contributed by atoms with Crippen LogP contribution in [0.3, 0.4) is 0 Å². The molecule has 1 aliphatic rings. The van der Waals surface area contributed by atoms with Crippen molar-refractivity contribution in [2.24, 2.45) is 11.5 Å². The Morgan fingerprint density at radius 2 is 0.803 bits per heavy atom. The smallest absolute Gasteiger partial charge is 0.322 e. The number of imidazole rings is 2. The van der Waals surface area contributed by atoms with Gasteiger partial charge in [0.2, 0.25) is 52.2 Å². The lowest BCUT2D eigenvalue weighted by Gasteiger charge is -2.33. The van der Waals surface area contributed by atoms with E-state index in [0.29, 0.717) is 74.5 Å². The van der Waals surface area contributed by atoms with Gasteiger partial charge < -0.3 is 119 Å². The van der Waals surface area contributed by atoms with Crippen LogP contribution in [-0.4, -0.2) is 327 Å². The number of carboxylic acid groups (broad SMARTS) is 4. The standard InChI is InChI=1S/C82H119N23O22/c1-54(106)61(83)46-95-77(121)59-48-104(64-42-55(8-10-57(64)75(59)119)44-97-81-91-24-25-92-81)28-2-18-85-67(108)15-17-70(111)89-22-6-40-127-41-7-23-90-79(123)63(99-71(112)50-100-30-32-101(51-72(113)114)34-36-103(53-74(117)118)37-35-102(33-31-100)52-73(115)116)12-13-66(107)87-20-4-38-126-39-5-21-88-69(110)16-14-68(109)86-19-3-29-105-49-60(78(122)96-47-62(84)80(124)125)76(120)58-11-9-56(43-65(58)105)45-98-82-93-26-27-94-82/h8-11,24-27,42-43,48-49,61-63H,2-7,12-23,28-41,44-47,50-53,83-84H2,1H3,(H,85,108)(H,86,109)(H,87,107)(H,88,110)(H,89,111)(H,90,123)(H,95,121)(H,96,122)(H,99,112)(H,113,114)(H,115,116)(H,117,118)(H,124,125)(H2,91,92,97)(H2,93,94,98)/t61-,62-,63-/m0/s1. The summed E-state index contributed by atoms with van der Waals surface area (Å²) in [5.74, 6) is -8.62. The molecule has 0 spiro atoms. The third-order valence-electron chi connectivity index (χ3n) is 20.3. The third-order valence-corrected chi connectivity index (χ3v) is 20.3. The highest BCUT2D eigenvalue weighted by molar-refractivity contribution is 5.99. The highest BCUT2D eigenvalue weighted by Crippen LogP contribution is 2.20. The summed E-state index contributed by atoms with van der Waals surface area (Å²) in [4.78, 5) is 225. The van der Waals surface area contributed by atoms with Gasteiger partial charge in [-0.3, -0.25) is 96.3 Å². The highest BCUT2D eigenvalue weighted by atomic mass is 16.5. The zero-order valence-corrected chi connectivity index (χ0v) is 71.3. The number of hydrogen-bond donors (Lipinski definition) is 19. The van der Waals surface area contributed by atoms with Gasteiger partial charge in [0.15, 0.2) is 11.9 Å². The number of hydrogen-bond acceptors (Lipinski definition) is 28. The fraction of sp³-hybridized carbons (Fsp3) is 0.537. The summed E-state index contributed by atoms with van der Waals surface area (Å²) in [5, 5.41) is 69.5. The first-order valence-electron chi connectivity index (χ1n) is 42.2. The van der Waals surface area contributed by atoms with E-state index in [9.17, 15) is 97.1 Å². The summed E-state index contributed by atoms with van der Waals surface area (Å²) < 4.78 is 14.9. The van der Waals surface area contributed by atoms with Crippen molar-refractivity contribution in [3.05, 3.63) is 116 Å². The van der Waals surface area contributed by atoms with E-state index in [2.05, 4.69) is 78.4 Å². The Morgan fingerprint density at radius 3 is 1.16 bits per heavy atom. The van der Waals surface area contributed by atoms with E-state index in [1.165, 1.54) is 19.3 Å². The molecule has 45 heteroatoms. The number of amides is 9. The van der Waals surface area contributed by atoms with Crippen LogP contribution in [0.1, 0.15) is 116 Å². The van der Waals surface area contributed by atoms with Gasteiger partial charge in [0.25, 0.3) is 11.8 Å². The fourth-order valence-corrected chi connectivity index (χ4v) is 13.2. The molecule has 0 saturated carbocycles. The molecular weight excluding hydrogens is 1660 g/mol. The van der Waals surface area contributed by atoms with Crippen LogP contribution in [0.25, 0.3) is 21.8 Å². The number of rotatable bonds is 57. The summed E-state index contributed by atoms with van der Waals surface area (Å²) >= 11 is 0. The predicted molar refractivity (Wildman–Crippen MR) is 463 cm³/mol. The van der Waals surface area contributed by atoms with Crippen LogP contribution < -0.4 is 80.8 Å². The van der Waals surface area contributed by atoms with Gasteiger partial charge in [0, 0.05) is 237 Å². The number of ketones is 1. The molecule has 7 rings (SSSR count). The number of carboxylic acids is 4. The lowest BCUT2D eigenvalue weighted by Crippen LogP contribution is -2.52. The van der Waals surface area contributed by atoms with Gasteiger partial charge >= 0.3 is 23.9 Å². The molecule has 0 bridgehead atoms. The summed E-state index contributed by atoms with van der Waals surface area (Å²) in [5.41, 5.74) is 12.6. The Hall–Kier alpha value is -12.7. The van der Waals surface area contributed by atoms with Gasteiger partial charge in [0.05, 0.1) is 43.3 Å². The molecule has 1 saturated heterocycles. The molecule has 5 heterocycles. The number of carbonyl (C=O) groups excluding carboxylic acids is 10. The van der Waals surface area contributed by atoms with E-state index in [0.717, 1.165) is 11.1 Å². The van der Waals surface area contributed by atoms with E-state index in [-0.39, 0.29) is 254 Å². The average Bonchev–Trinajstić information content (AvgIpc) is 0.906. The number of ether oxygens (including phenoxy) is 2. The Morgan fingerprint density at radius 1 is 0.449 bits per heavy atom. The first-order chi connectivity index (χ1) is 61.0. The molecule has 4 aromatic heterocycles. The second kappa shape index (κ2) is 55.0. The third kappa shape index (κ3) is 38.0. The molecule has 0 unspecified atom stereocenters. The number of aryl methyl sites for hydroxylation is 2. The van der Waals surface area contributed by atoms with E-state index in [1.807, 2.05) is 6.07 Å². The number of aliphatic carboxylic acids is 4. The number of aromatic amines is 2. The van der Waals surface area contributed by atoms with E-state index in [1.54, 1.807) is 83.9 Å². The van der Waals surface area contributed by atoms with Crippen molar-refractivity contribution in [2.45, 2.75) is 128 Å². The van der Waals surface area contributed by atoms with Crippen LogP contribution in [0, 0.1) is 0 Å². The topological polar surface area (TPSA) is 637 Å². The van der Waals surface area contributed by atoms with Crippen LogP contribution in [0.4, 0.5) is 11.9 Å². The number of benzene rings is 2. The number of Topliss-reactive ketones (excluding diaryl/α,β-unsaturated/α-hetero) is 1.